The molecule has 1 aromatic heterocycles. The number of hydrogen-bond donors (Lipinski definition) is 1. The van der Waals surface area contributed by atoms with E-state index < -0.39 is 0 Å². The Balaban J connectivity index is 1.25. The maximum Gasteiger partial charge on any atom is 0.230 e. The Labute approximate surface area is 191 Å². The van der Waals surface area contributed by atoms with Gasteiger partial charge in [0, 0.05) is 44.5 Å². The second kappa shape index (κ2) is 10.5. The van der Waals surface area contributed by atoms with Crippen LogP contribution in [0.4, 0.5) is 15.9 Å². The molecular formula is C24H26FN5OS. The van der Waals surface area contributed by atoms with Crippen LogP contribution in [-0.4, -0.2) is 47.8 Å². The predicted molar refractivity (Wildman–Crippen MR) is 127 cm³/mol. The van der Waals surface area contributed by atoms with Crippen LogP contribution in [0.5, 0.6) is 0 Å². The summed E-state index contributed by atoms with van der Waals surface area (Å²) in [6.07, 6.45) is 1.55. The zero-order chi connectivity index (χ0) is 22.3. The molecule has 3 aromatic rings. The first-order valence-electron chi connectivity index (χ1n) is 10.6. The lowest BCUT2D eigenvalue weighted by atomic mass is 10.1. The lowest BCUT2D eigenvalue weighted by Gasteiger charge is -2.36. The molecule has 1 aliphatic heterocycles. The van der Waals surface area contributed by atoms with Crippen molar-refractivity contribution in [2.75, 3.05) is 41.7 Å². The molecule has 2 heterocycles. The Morgan fingerprint density at radius 2 is 1.69 bits per heavy atom. The van der Waals surface area contributed by atoms with Crippen LogP contribution >= 0.6 is 11.8 Å². The van der Waals surface area contributed by atoms with Crippen molar-refractivity contribution >= 4 is 29.2 Å². The fraction of sp³-hybridized carbons (Fsp3) is 0.292. The number of piperazine rings is 1. The average molecular weight is 452 g/mol. The number of nitrogens with zero attached hydrogens (tertiary/aromatic N) is 4. The van der Waals surface area contributed by atoms with Crippen LogP contribution in [0.1, 0.15) is 11.1 Å². The van der Waals surface area contributed by atoms with Crippen molar-refractivity contribution in [3.8, 4) is 0 Å². The third kappa shape index (κ3) is 5.97. The summed E-state index contributed by atoms with van der Waals surface area (Å²) in [6, 6.07) is 16.7. The van der Waals surface area contributed by atoms with Crippen molar-refractivity contribution in [1.82, 2.24) is 15.3 Å². The third-order valence-electron chi connectivity index (χ3n) is 5.38. The number of amides is 1. The van der Waals surface area contributed by atoms with Gasteiger partial charge in [-0.25, -0.2) is 14.4 Å². The molecular weight excluding hydrogens is 425 g/mol. The van der Waals surface area contributed by atoms with Gasteiger partial charge in [0.1, 0.15) is 23.0 Å². The quantitative estimate of drug-likeness (QED) is 0.437. The smallest absolute Gasteiger partial charge is 0.230 e. The highest BCUT2D eigenvalue weighted by atomic mass is 32.2. The molecule has 1 N–H and O–H groups in total. The maximum atomic E-state index is 13.2. The second-order valence-electron chi connectivity index (χ2n) is 7.72. The fourth-order valence-electron chi connectivity index (χ4n) is 3.52. The van der Waals surface area contributed by atoms with Crippen molar-refractivity contribution in [1.29, 1.82) is 0 Å². The number of rotatable bonds is 7. The summed E-state index contributed by atoms with van der Waals surface area (Å²) in [6.45, 7) is 5.86. The van der Waals surface area contributed by atoms with Crippen LogP contribution in [0.3, 0.4) is 0 Å². The summed E-state index contributed by atoms with van der Waals surface area (Å²) in [5.41, 5.74) is 3.31. The Hall–Kier alpha value is -3.13. The van der Waals surface area contributed by atoms with Gasteiger partial charge in [-0.15, -0.1) is 0 Å². The topological polar surface area (TPSA) is 61.4 Å². The third-order valence-corrected chi connectivity index (χ3v) is 6.31. The van der Waals surface area contributed by atoms with Gasteiger partial charge in [-0.05, 0) is 36.8 Å². The number of halogens is 1. The normalized spacial score (nSPS) is 13.8. The molecule has 0 spiro atoms. The van der Waals surface area contributed by atoms with E-state index in [1.54, 1.807) is 6.33 Å². The molecule has 8 heteroatoms. The number of carbonyl (C=O) groups is 1. The number of aryl methyl sites for hydroxylation is 1. The first-order chi connectivity index (χ1) is 15.6. The van der Waals surface area contributed by atoms with E-state index >= 15 is 0 Å². The van der Waals surface area contributed by atoms with E-state index in [-0.39, 0.29) is 11.7 Å². The Morgan fingerprint density at radius 1 is 1.00 bits per heavy atom. The molecule has 1 amide bonds. The summed E-state index contributed by atoms with van der Waals surface area (Å²) in [7, 11) is 0. The number of aromatic nitrogens is 2. The molecule has 0 bridgehead atoms. The molecule has 0 aliphatic carbocycles. The highest BCUT2D eigenvalue weighted by Gasteiger charge is 2.19. The Kier molecular flexibility index (Phi) is 7.21. The van der Waals surface area contributed by atoms with Gasteiger partial charge in [0.05, 0.1) is 5.75 Å². The van der Waals surface area contributed by atoms with E-state index in [0.29, 0.717) is 12.3 Å². The number of hydrogen-bond acceptors (Lipinski definition) is 6. The number of nitrogens with one attached hydrogen (secondary N) is 1. The van der Waals surface area contributed by atoms with Crippen molar-refractivity contribution in [2.45, 2.75) is 18.5 Å². The lowest BCUT2D eigenvalue weighted by molar-refractivity contribution is -0.118. The molecule has 1 aliphatic rings. The molecule has 4 rings (SSSR count). The SMILES string of the molecule is Cc1ccc(CNC(=O)CSc2cc(N3CCN(c4ccc(F)cc4)CC3)ncn2)cc1. The molecule has 6 nitrogen and oxygen atoms in total. The number of thioether (sulfide) groups is 1. The van der Waals surface area contributed by atoms with E-state index in [9.17, 15) is 9.18 Å². The predicted octanol–water partition coefficient (Wildman–Crippen LogP) is 3.66. The van der Waals surface area contributed by atoms with E-state index in [4.69, 9.17) is 0 Å². The zero-order valence-corrected chi connectivity index (χ0v) is 18.8. The van der Waals surface area contributed by atoms with Gasteiger partial charge in [-0.2, -0.15) is 0 Å². The highest BCUT2D eigenvalue weighted by Crippen LogP contribution is 2.22. The summed E-state index contributed by atoms with van der Waals surface area (Å²) >= 11 is 1.41. The van der Waals surface area contributed by atoms with Crippen LogP contribution in [0.2, 0.25) is 0 Å². The standard InChI is InChI=1S/C24H26FN5OS/c1-18-2-4-19(5-3-18)15-26-23(31)16-32-24-14-22(27-17-28-24)30-12-10-29(11-13-30)21-8-6-20(25)7-9-21/h2-9,14,17H,10-13,15-16H2,1H3,(H,26,31). The number of carbonyl (C=O) groups excluding carboxylic acids is 1. The molecule has 166 valence electrons. The van der Waals surface area contributed by atoms with Crippen LogP contribution in [0.25, 0.3) is 0 Å². The Morgan fingerprint density at radius 3 is 2.41 bits per heavy atom. The van der Waals surface area contributed by atoms with E-state index in [1.165, 1.54) is 29.5 Å². The molecule has 2 aromatic carbocycles. The van der Waals surface area contributed by atoms with Gasteiger partial charge < -0.3 is 15.1 Å². The molecule has 0 saturated carbocycles. The molecule has 0 atom stereocenters. The van der Waals surface area contributed by atoms with Gasteiger partial charge in [0.15, 0.2) is 0 Å². The van der Waals surface area contributed by atoms with Crippen LogP contribution in [0.15, 0.2) is 66.0 Å². The van der Waals surface area contributed by atoms with Crippen LogP contribution in [0, 0.1) is 12.7 Å². The van der Waals surface area contributed by atoms with Gasteiger partial charge in [0.2, 0.25) is 5.91 Å². The monoisotopic (exact) mass is 451 g/mol. The molecule has 1 saturated heterocycles. The van der Waals surface area contributed by atoms with Gasteiger partial charge >= 0.3 is 0 Å². The highest BCUT2D eigenvalue weighted by molar-refractivity contribution is 7.99. The summed E-state index contributed by atoms with van der Waals surface area (Å²) < 4.78 is 13.2. The minimum Gasteiger partial charge on any atom is -0.368 e. The summed E-state index contributed by atoms with van der Waals surface area (Å²) in [5.74, 6) is 0.924. The first-order valence-corrected chi connectivity index (χ1v) is 11.6. The van der Waals surface area contributed by atoms with Crippen molar-refractivity contribution in [3.63, 3.8) is 0 Å². The van der Waals surface area contributed by atoms with Gasteiger partial charge in [-0.3, -0.25) is 4.79 Å². The van der Waals surface area contributed by atoms with Crippen LogP contribution < -0.4 is 15.1 Å². The largest absolute Gasteiger partial charge is 0.368 e. The van der Waals surface area contributed by atoms with Crippen molar-refractivity contribution in [2.24, 2.45) is 0 Å². The number of benzene rings is 2. The van der Waals surface area contributed by atoms with E-state index in [1.807, 2.05) is 49.4 Å². The minimum absolute atomic E-state index is 0.0244. The van der Waals surface area contributed by atoms with Gasteiger partial charge in [-0.1, -0.05) is 41.6 Å². The lowest BCUT2D eigenvalue weighted by Crippen LogP contribution is -2.46. The molecule has 1 fully saturated rings. The minimum atomic E-state index is -0.220. The van der Waals surface area contributed by atoms with E-state index in [0.717, 1.165) is 48.3 Å². The molecule has 32 heavy (non-hydrogen) atoms. The van der Waals surface area contributed by atoms with Crippen molar-refractivity contribution < 1.29 is 9.18 Å². The summed E-state index contributed by atoms with van der Waals surface area (Å²) in [5, 5.41) is 3.73. The average Bonchev–Trinajstić information content (AvgIpc) is 2.83. The number of anilines is 2. The van der Waals surface area contributed by atoms with Gasteiger partial charge in [0.25, 0.3) is 0 Å². The molecule has 0 radical (unpaired) electrons. The molecule has 0 unspecified atom stereocenters. The summed E-state index contributed by atoms with van der Waals surface area (Å²) in [4.78, 5) is 25.4. The Bertz CT molecular complexity index is 1040. The van der Waals surface area contributed by atoms with Crippen LogP contribution in [-0.2, 0) is 11.3 Å². The van der Waals surface area contributed by atoms with E-state index in [2.05, 4.69) is 25.1 Å². The zero-order valence-electron chi connectivity index (χ0n) is 18.0. The fourth-order valence-corrected chi connectivity index (χ4v) is 4.22. The second-order valence-corrected chi connectivity index (χ2v) is 8.71. The first kappa shape index (κ1) is 22.1. The van der Waals surface area contributed by atoms with Crippen molar-refractivity contribution in [3.05, 3.63) is 77.9 Å². The maximum absolute atomic E-state index is 13.2.